The van der Waals surface area contributed by atoms with Gasteiger partial charge in [-0.2, -0.15) is 5.10 Å². The lowest BCUT2D eigenvalue weighted by Gasteiger charge is -1.94. The third kappa shape index (κ3) is 2.01. The topological polar surface area (TPSA) is 17.8 Å². The second-order valence-corrected chi connectivity index (χ2v) is 3.35. The van der Waals surface area contributed by atoms with Crippen LogP contribution < -0.4 is 0 Å². The van der Waals surface area contributed by atoms with Crippen LogP contribution in [0.5, 0.6) is 0 Å². The highest BCUT2D eigenvalue weighted by Gasteiger charge is 2.09. The Morgan fingerprint density at radius 2 is 1.80 bits per heavy atom. The minimum absolute atomic E-state index is 0.237. The van der Waals surface area contributed by atoms with Gasteiger partial charge >= 0.3 is 0 Å². The predicted molar refractivity (Wildman–Crippen MR) is 61.5 cm³/mol. The fourth-order valence-corrected chi connectivity index (χ4v) is 1.51. The molecule has 3 heteroatoms. The zero-order chi connectivity index (χ0) is 11.6. The maximum absolute atomic E-state index is 13.4. The zero-order valence-electron chi connectivity index (χ0n) is 9.93. The van der Waals surface area contributed by atoms with Crippen molar-refractivity contribution in [3.63, 3.8) is 0 Å². The zero-order valence-corrected chi connectivity index (χ0v) is 9.93. The summed E-state index contributed by atoms with van der Waals surface area (Å²) in [6.07, 6.45) is 0. The molecule has 1 aromatic heterocycles. The van der Waals surface area contributed by atoms with E-state index in [1.54, 1.807) is 4.68 Å². The molecule has 0 unspecified atom stereocenters. The van der Waals surface area contributed by atoms with Gasteiger partial charge in [-0.15, -0.1) is 0 Å². The first-order valence-corrected chi connectivity index (χ1v) is 5.19. The Morgan fingerprint density at radius 3 is 2.40 bits per heavy atom. The van der Waals surface area contributed by atoms with E-state index in [2.05, 4.69) is 5.10 Å². The normalized spacial score (nSPS) is 10.0. The van der Waals surface area contributed by atoms with Gasteiger partial charge in [0.1, 0.15) is 5.52 Å². The van der Waals surface area contributed by atoms with Gasteiger partial charge in [-0.25, -0.2) is 4.39 Å². The first kappa shape index (κ1) is 11.7. The van der Waals surface area contributed by atoms with E-state index in [1.165, 1.54) is 6.07 Å². The lowest BCUT2D eigenvalue weighted by molar-refractivity contribution is 0.631. The number of nitrogens with zero attached hydrogens (tertiary/aromatic N) is 2. The fraction of sp³-hybridized carbons (Fsp3) is 0.417. The maximum atomic E-state index is 13.4. The quantitative estimate of drug-likeness (QED) is 0.649. The van der Waals surface area contributed by atoms with Crippen LogP contribution in [0.1, 0.15) is 25.1 Å². The Balaban J connectivity index is 0.000000531. The summed E-state index contributed by atoms with van der Waals surface area (Å²) in [5, 5.41) is 5.00. The second kappa shape index (κ2) is 4.43. The van der Waals surface area contributed by atoms with Crippen molar-refractivity contribution in [3.8, 4) is 0 Å². The maximum Gasteiger partial charge on any atom is 0.151 e. The number of aryl methyl sites for hydroxylation is 3. The van der Waals surface area contributed by atoms with E-state index in [0.717, 1.165) is 16.6 Å². The van der Waals surface area contributed by atoms with Crippen LogP contribution in [0.4, 0.5) is 4.39 Å². The summed E-state index contributed by atoms with van der Waals surface area (Å²) in [7, 11) is 1.82. The van der Waals surface area contributed by atoms with Crippen LogP contribution in [0.15, 0.2) is 12.1 Å². The van der Waals surface area contributed by atoms with Gasteiger partial charge in [0.05, 0.1) is 0 Å². The molecule has 0 aliphatic heterocycles. The molecule has 15 heavy (non-hydrogen) atoms. The van der Waals surface area contributed by atoms with E-state index >= 15 is 0 Å². The van der Waals surface area contributed by atoms with Gasteiger partial charge in [0.25, 0.3) is 0 Å². The van der Waals surface area contributed by atoms with Crippen molar-refractivity contribution in [2.24, 2.45) is 7.05 Å². The number of aromatic nitrogens is 2. The average molecular weight is 208 g/mol. The molecule has 1 aromatic carbocycles. The highest BCUT2D eigenvalue weighted by Crippen LogP contribution is 2.21. The molecule has 0 saturated carbocycles. The van der Waals surface area contributed by atoms with Crippen LogP contribution >= 0.6 is 0 Å². The number of halogens is 1. The number of fused-ring (bicyclic) bond motifs is 1. The van der Waals surface area contributed by atoms with Gasteiger partial charge in [0.2, 0.25) is 0 Å². The Labute approximate surface area is 89.7 Å². The molecule has 2 rings (SSSR count). The molecule has 0 atom stereocenters. The van der Waals surface area contributed by atoms with Crippen molar-refractivity contribution < 1.29 is 4.39 Å². The average Bonchev–Trinajstić information content (AvgIpc) is 2.49. The Morgan fingerprint density at radius 1 is 1.20 bits per heavy atom. The third-order valence-electron chi connectivity index (χ3n) is 2.33. The van der Waals surface area contributed by atoms with Crippen molar-refractivity contribution in [3.05, 3.63) is 29.2 Å². The molecule has 82 valence electrons. The molecule has 0 radical (unpaired) electrons. The van der Waals surface area contributed by atoms with Gasteiger partial charge in [0, 0.05) is 18.1 Å². The molecular formula is C12H17FN2. The van der Waals surface area contributed by atoms with Crippen LogP contribution in [0.25, 0.3) is 10.9 Å². The second-order valence-electron chi connectivity index (χ2n) is 3.35. The van der Waals surface area contributed by atoms with E-state index in [4.69, 9.17) is 0 Å². The first-order valence-electron chi connectivity index (χ1n) is 5.19. The van der Waals surface area contributed by atoms with Gasteiger partial charge in [-0.05, 0) is 31.5 Å². The molecule has 0 aliphatic rings. The minimum Gasteiger partial charge on any atom is -0.272 e. The molecule has 1 heterocycles. The Bertz CT molecular complexity index is 472. The molecule has 2 nitrogen and oxygen atoms in total. The summed E-state index contributed by atoms with van der Waals surface area (Å²) >= 11 is 0. The molecule has 0 N–H and O–H groups in total. The summed E-state index contributed by atoms with van der Waals surface area (Å²) < 4.78 is 15.1. The minimum atomic E-state index is -0.237. The van der Waals surface area contributed by atoms with Gasteiger partial charge in [-0.3, -0.25) is 4.68 Å². The van der Waals surface area contributed by atoms with E-state index < -0.39 is 0 Å². The fourth-order valence-electron chi connectivity index (χ4n) is 1.51. The number of hydrogen-bond acceptors (Lipinski definition) is 1. The number of hydrogen-bond donors (Lipinski definition) is 0. The molecule has 2 aromatic rings. The number of rotatable bonds is 0. The van der Waals surface area contributed by atoms with Gasteiger partial charge < -0.3 is 0 Å². The van der Waals surface area contributed by atoms with Crippen LogP contribution in [-0.2, 0) is 7.05 Å². The Hall–Kier alpha value is -1.38. The van der Waals surface area contributed by atoms with Crippen molar-refractivity contribution in [2.75, 3.05) is 0 Å². The molecule has 0 spiro atoms. The summed E-state index contributed by atoms with van der Waals surface area (Å²) in [6, 6.07) is 3.47. The van der Waals surface area contributed by atoms with Crippen LogP contribution in [0.3, 0.4) is 0 Å². The van der Waals surface area contributed by atoms with E-state index in [0.29, 0.717) is 5.52 Å². The number of benzene rings is 1. The summed E-state index contributed by atoms with van der Waals surface area (Å²) in [4.78, 5) is 0. The SMILES string of the molecule is CC.Cc1cc(F)c2nn(C)c(C)c2c1. The molecule has 0 fully saturated rings. The molecule has 0 amide bonds. The van der Waals surface area contributed by atoms with Crippen LogP contribution in [0.2, 0.25) is 0 Å². The van der Waals surface area contributed by atoms with E-state index in [1.807, 2.05) is 40.8 Å². The van der Waals surface area contributed by atoms with Crippen molar-refractivity contribution in [2.45, 2.75) is 27.7 Å². The third-order valence-corrected chi connectivity index (χ3v) is 2.33. The molecule has 0 saturated heterocycles. The van der Waals surface area contributed by atoms with Crippen molar-refractivity contribution in [1.82, 2.24) is 9.78 Å². The highest BCUT2D eigenvalue weighted by atomic mass is 19.1. The van der Waals surface area contributed by atoms with E-state index in [9.17, 15) is 4.39 Å². The standard InChI is InChI=1S/C10H11FN2.C2H6/c1-6-4-8-7(2)13(3)12-10(8)9(11)5-6;1-2/h4-5H,1-3H3;1-2H3. The van der Waals surface area contributed by atoms with Crippen LogP contribution in [0, 0.1) is 19.7 Å². The summed E-state index contributed by atoms with van der Waals surface area (Å²) in [5.41, 5.74) is 2.39. The highest BCUT2D eigenvalue weighted by molar-refractivity contribution is 5.82. The smallest absolute Gasteiger partial charge is 0.151 e. The van der Waals surface area contributed by atoms with E-state index in [-0.39, 0.29) is 5.82 Å². The molecule has 0 bridgehead atoms. The van der Waals surface area contributed by atoms with Crippen LogP contribution in [-0.4, -0.2) is 9.78 Å². The lowest BCUT2D eigenvalue weighted by Crippen LogP contribution is -1.91. The molecular weight excluding hydrogens is 191 g/mol. The van der Waals surface area contributed by atoms with Gasteiger partial charge in [-0.1, -0.05) is 13.8 Å². The van der Waals surface area contributed by atoms with Crippen molar-refractivity contribution >= 4 is 10.9 Å². The predicted octanol–water partition coefficient (Wildman–Crippen LogP) is 3.36. The lowest BCUT2D eigenvalue weighted by atomic mass is 10.1. The largest absolute Gasteiger partial charge is 0.272 e. The first-order chi connectivity index (χ1) is 7.09. The molecule has 0 aliphatic carbocycles. The van der Waals surface area contributed by atoms with Gasteiger partial charge in [0.15, 0.2) is 5.82 Å². The summed E-state index contributed by atoms with van der Waals surface area (Å²) in [5.74, 6) is -0.237. The monoisotopic (exact) mass is 208 g/mol. The Kier molecular flexibility index (Phi) is 3.45. The van der Waals surface area contributed by atoms with Crippen molar-refractivity contribution in [1.29, 1.82) is 0 Å². The summed E-state index contributed by atoms with van der Waals surface area (Å²) in [6.45, 7) is 7.82.